The van der Waals surface area contributed by atoms with E-state index < -0.39 is 20.5 Å². The summed E-state index contributed by atoms with van der Waals surface area (Å²) in [5.74, 6) is 0. The van der Waals surface area contributed by atoms with Crippen molar-refractivity contribution in [2.45, 2.75) is 24.3 Å². The quantitative estimate of drug-likeness (QED) is 0.605. The molecule has 28 heavy (non-hydrogen) atoms. The van der Waals surface area contributed by atoms with Gasteiger partial charge in [-0.05, 0) is 43.7 Å². The van der Waals surface area contributed by atoms with Gasteiger partial charge in [-0.15, -0.1) is 0 Å². The second kappa shape index (κ2) is 7.50. The van der Waals surface area contributed by atoms with E-state index in [-0.39, 0.29) is 10.6 Å². The van der Waals surface area contributed by atoms with Crippen LogP contribution < -0.4 is 4.90 Å². The molecule has 3 rings (SSSR count). The van der Waals surface area contributed by atoms with Crippen molar-refractivity contribution in [3.8, 4) is 0 Å². The lowest BCUT2D eigenvalue weighted by molar-refractivity contribution is -0.384. The Hall–Kier alpha value is -2.49. The van der Waals surface area contributed by atoms with E-state index in [1.165, 1.54) is 28.6 Å². The van der Waals surface area contributed by atoms with E-state index in [0.717, 1.165) is 11.3 Å². The SMILES string of the molecule is CC(C)(O)c1ccc(N2CCN(S(=O)(=O)c3ccc([N+](=O)[O-])cc3)CC2)cc1. The Morgan fingerprint density at radius 2 is 1.50 bits per heavy atom. The van der Waals surface area contributed by atoms with Crippen molar-refractivity contribution in [2.75, 3.05) is 31.1 Å². The first kappa shape index (κ1) is 20.2. The summed E-state index contributed by atoms with van der Waals surface area (Å²) in [6.07, 6.45) is 0. The summed E-state index contributed by atoms with van der Waals surface area (Å²) in [6, 6.07) is 12.5. The number of non-ortho nitro benzene ring substituents is 1. The maximum Gasteiger partial charge on any atom is 0.269 e. The maximum absolute atomic E-state index is 12.8. The minimum Gasteiger partial charge on any atom is -0.386 e. The van der Waals surface area contributed by atoms with Crippen molar-refractivity contribution in [3.63, 3.8) is 0 Å². The monoisotopic (exact) mass is 405 g/mol. The van der Waals surface area contributed by atoms with E-state index >= 15 is 0 Å². The maximum atomic E-state index is 12.8. The van der Waals surface area contributed by atoms with E-state index in [4.69, 9.17) is 0 Å². The van der Waals surface area contributed by atoms with Crippen LogP contribution in [0.2, 0.25) is 0 Å². The third-order valence-corrected chi connectivity index (χ3v) is 6.78. The van der Waals surface area contributed by atoms with Gasteiger partial charge in [-0.25, -0.2) is 8.42 Å². The fourth-order valence-electron chi connectivity index (χ4n) is 3.16. The number of sulfonamides is 1. The molecule has 1 aliphatic heterocycles. The standard InChI is InChI=1S/C19H23N3O5S/c1-19(2,23)15-3-5-16(6-4-15)20-11-13-21(14-12-20)28(26,27)18-9-7-17(8-10-18)22(24)25/h3-10,23H,11-14H2,1-2H3. The van der Waals surface area contributed by atoms with Crippen molar-refractivity contribution >= 4 is 21.4 Å². The number of hydrogen-bond acceptors (Lipinski definition) is 6. The molecule has 0 radical (unpaired) electrons. The first-order valence-electron chi connectivity index (χ1n) is 8.91. The third kappa shape index (κ3) is 4.16. The van der Waals surface area contributed by atoms with Crippen LogP contribution >= 0.6 is 0 Å². The molecule has 2 aromatic carbocycles. The summed E-state index contributed by atoms with van der Waals surface area (Å²) in [4.78, 5) is 12.3. The largest absolute Gasteiger partial charge is 0.386 e. The highest BCUT2D eigenvalue weighted by Crippen LogP contribution is 2.25. The number of nitro groups is 1. The molecule has 1 N–H and O–H groups in total. The molecule has 2 aromatic rings. The van der Waals surface area contributed by atoms with Gasteiger partial charge >= 0.3 is 0 Å². The minimum absolute atomic E-state index is 0.0566. The lowest BCUT2D eigenvalue weighted by Gasteiger charge is -2.35. The molecule has 0 bridgehead atoms. The Bertz CT molecular complexity index is 943. The molecular formula is C19H23N3O5S. The Labute approximate surface area is 164 Å². The third-order valence-electron chi connectivity index (χ3n) is 4.86. The predicted molar refractivity (Wildman–Crippen MR) is 106 cm³/mol. The molecule has 9 heteroatoms. The Balaban J connectivity index is 1.68. The topological polar surface area (TPSA) is 104 Å². The molecule has 1 aliphatic rings. The Morgan fingerprint density at radius 3 is 1.96 bits per heavy atom. The lowest BCUT2D eigenvalue weighted by Crippen LogP contribution is -2.48. The van der Waals surface area contributed by atoms with Gasteiger partial charge < -0.3 is 10.0 Å². The fraction of sp³-hybridized carbons (Fsp3) is 0.368. The zero-order valence-corrected chi connectivity index (χ0v) is 16.6. The average Bonchev–Trinajstić information content (AvgIpc) is 2.67. The van der Waals surface area contributed by atoms with Gasteiger partial charge in [0.2, 0.25) is 10.0 Å². The number of nitrogens with zero attached hydrogens (tertiary/aromatic N) is 3. The van der Waals surface area contributed by atoms with E-state index in [1.807, 2.05) is 24.3 Å². The second-order valence-electron chi connectivity index (χ2n) is 7.25. The van der Waals surface area contributed by atoms with Gasteiger partial charge in [-0.3, -0.25) is 10.1 Å². The highest BCUT2D eigenvalue weighted by Gasteiger charge is 2.29. The molecule has 0 aliphatic carbocycles. The molecule has 8 nitrogen and oxygen atoms in total. The normalized spacial score (nSPS) is 16.2. The highest BCUT2D eigenvalue weighted by atomic mass is 32.2. The summed E-state index contributed by atoms with van der Waals surface area (Å²) in [5, 5.41) is 20.8. The minimum atomic E-state index is -3.69. The molecule has 0 aromatic heterocycles. The van der Waals surface area contributed by atoms with Gasteiger partial charge in [0.1, 0.15) is 0 Å². The van der Waals surface area contributed by atoms with Crippen LogP contribution in [0.3, 0.4) is 0 Å². The average molecular weight is 405 g/mol. The molecule has 1 saturated heterocycles. The van der Waals surface area contributed by atoms with Crippen molar-refractivity contribution in [1.29, 1.82) is 0 Å². The lowest BCUT2D eigenvalue weighted by atomic mass is 9.98. The van der Waals surface area contributed by atoms with Crippen LogP contribution in [0.25, 0.3) is 0 Å². The molecule has 0 atom stereocenters. The van der Waals surface area contributed by atoms with E-state index in [1.54, 1.807) is 13.8 Å². The number of rotatable bonds is 5. The first-order valence-corrected chi connectivity index (χ1v) is 10.4. The summed E-state index contributed by atoms with van der Waals surface area (Å²) in [5.41, 5.74) is 0.741. The Kier molecular flexibility index (Phi) is 5.42. The van der Waals surface area contributed by atoms with Crippen molar-refractivity contribution in [3.05, 3.63) is 64.2 Å². The van der Waals surface area contributed by atoms with Crippen LogP contribution in [0.15, 0.2) is 53.4 Å². The van der Waals surface area contributed by atoms with Gasteiger partial charge in [0.05, 0.1) is 15.4 Å². The smallest absolute Gasteiger partial charge is 0.269 e. The van der Waals surface area contributed by atoms with Crippen LogP contribution in [0.1, 0.15) is 19.4 Å². The van der Waals surface area contributed by atoms with E-state index in [0.29, 0.717) is 26.2 Å². The summed E-state index contributed by atoms with van der Waals surface area (Å²) >= 11 is 0. The molecule has 0 saturated carbocycles. The second-order valence-corrected chi connectivity index (χ2v) is 9.19. The van der Waals surface area contributed by atoms with E-state index in [9.17, 15) is 23.6 Å². The molecule has 1 fully saturated rings. The number of benzene rings is 2. The number of hydrogen-bond donors (Lipinski definition) is 1. The summed E-state index contributed by atoms with van der Waals surface area (Å²) < 4.78 is 27.0. The van der Waals surface area contributed by atoms with Gasteiger partial charge in [0.25, 0.3) is 5.69 Å². The zero-order chi connectivity index (χ0) is 20.5. The summed E-state index contributed by atoms with van der Waals surface area (Å²) in [6.45, 7) is 5.18. The number of aliphatic hydroxyl groups is 1. The Morgan fingerprint density at radius 1 is 0.964 bits per heavy atom. The van der Waals surface area contributed by atoms with Crippen molar-refractivity contribution in [1.82, 2.24) is 4.31 Å². The van der Waals surface area contributed by atoms with Gasteiger partial charge in [-0.1, -0.05) is 12.1 Å². The number of nitro benzene ring substituents is 1. The highest BCUT2D eigenvalue weighted by molar-refractivity contribution is 7.89. The first-order chi connectivity index (χ1) is 13.1. The van der Waals surface area contributed by atoms with E-state index in [2.05, 4.69) is 4.90 Å². The van der Waals surface area contributed by atoms with Crippen LogP contribution in [0, 0.1) is 10.1 Å². The number of piperazine rings is 1. The van der Waals surface area contributed by atoms with Crippen LogP contribution in [-0.2, 0) is 15.6 Å². The molecule has 0 unspecified atom stereocenters. The fourth-order valence-corrected chi connectivity index (χ4v) is 4.58. The molecule has 0 amide bonds. The number of anilines is 1. The molecule has 0 spiro atoms. The van der Waals surface area contributed by atoms with Gasteiger partial charge in [-0.2, -0.15) is 4.31 Å². The van der Waals surface area contributed by atoms with Crippen LogP contribution in [-0.4, -0.2) is 48.9 Å². The van der Waals surface area contributed by atoms with Crippen LogP contribution in [0.4, 0.5) is 11.4 Å². The van der Waals surface area contributed by atoms with Gasteiger partial charge in [0.15, 0.2) is 0 Å². The zero-order valence-electron chi connectivity index (χ0n) is 15.8. The predicted octanol–water partition coefficient (Wildman–Crippen LogP) is 2.33. The van der Waals surface area contributed by atoms with Crippen molar-refractivity contribution in [2.24, 2.45) is 0 Å². The summed E-state index contributed by atoms with van der Waals surface area (Å²) in [7, 11) is -3.69. The molecule has 150 valence electrons. The molecular weight excluding hydrogens is 382 g/mol. The van der Waals surface area contributed by atoms with Gasteiger partial charge in [0, 0.05) is 44.0 Å². The van der Waals surface area contributed by atoms with Crippen molar-refractivity contribution < 1.29 is 18.4 Å². The molecule has 1 heterocycles. The van der Waals surface area contributed by atoms with Crippen LogP contribution in [0.5, 0.6) is 0 Å².